The highest BCUT2D eigenvalue weighted by atomic mass is 79.9. The lowest BCUT2D eigenvalue weighted by molar-refractivity contribution is 0.365. The zero-order chi connectivity index (χ0) is 10.4. The fraction of sp³-hybridized carbons (Fsp3) is 0.300. The maximum Gasteiger partial charge on any atom is 0.174 e. The average molecular weight is 256 g/mol. The Bertz CT molecular complexity index is 346. The molecule has 0 aliphatic carbocycles. The van der Waals surface area contributed by atoms with Crippen LogP contribution in [0.1, 0.15) is 5.56 Å². The summed E-state index contributed by atoms with van der Waals surface area (Å²) in [5.74, 6) is 1.49. The van der Waals surface area contributed by atoms with Crippen LogP contribution in [0.25, 0.3) is 0 Å². The number of alkyl halides is 1. The largest absolute Gasteiger partial charge is 0.496 e. The molecule has 14 heavy (non-hydrogen) atoms. The Morgan fingerprint density at radius 3 is 2.86 bits per heavy atom. The summed E-state index contributed by atoms with van der Waals surface area (Å²) in [6.45, 7) is 0.0635. The lowest BCUT2D eigenvalue weighted by atomic mass is 10.2. The third-order valence-electron chi connectivity index (χ3n) is 1.70. The Balaban J connectivity index is 2.85. The molecule has 0 aromatic heterocycles. The van der Waals surface area contributed by atoms with E-state index in [4.69, 9.17) is 14.7 Å². The van der Waals surface area contributed by atoms with Crippen molar-refractivity contribution in [1.82, 2.24) is 0 Å². The van der Waals surface area contributed by atoms with Gasteiger partial charge in [0, 0.05) is 10.9 Å². The molecule has 0 heterocycles. The third kappa shape index (κ3) is 2.64. The van der Waals surface area contributed by atoms with E-state index in [0.29, 0.717) is 11.1 Å². The summed E-state index contributed by atoms with van der Waals surface area (Å²) >= 11 is 3.35. The van der Waals surface area contributed by atoms with Gasteiger partial charge >= 0.3 is 0 Å². The minimum Gasteiger partial charge on any atom is -0.496 e. The van der Waals surface area contributed by atoms with Gasteiger partial charge in [-0.05, 0) is 18.2 Å². The number of hydrogen-bond donors (Lipinski definition) is 0. The molecule has 0 saturated carbocycles. The van der Waals surface area contributed by atoms with E-state index in [1.54, 1.807) is 13.2 Å². The number of rotatable bonds is 4. The molecular weight excluding hydrogens is 246 g/mol. The SMILES string of the molecule is COc1ccc(OCC#N)cc1CBr. The van der Waals surface area contributed by atoms with Gasteiger partial charge < -0.3 is 9.47 Å². The number of benzene rings is 1. The summed E-state index contributed by atoms with van der Waals surface area (Å²) in [4.78, 5) is 0. The molecule has 3 nitrogen and oxygen atoms in total. The quantitative estimate of drug-likeness (QED) is 0.777. The molecule has 0 radical (unpaired) electrons. The van der Waals surface area contributed by atoms with Crippen LogP contribution >= 0.6 is 15.9 Å². The van der Waals surface area contributed by atoms with Gasteiger partial charge in [0.2, 0.25) is 0 Å². The van der Waals surface area contributed by atoms with Crippen LogP contribution in [0.4, 0.5) is 0 Å². The average Bonchev–Trinajstić information content (AvgIpc) is 2.25. The fourth-order valence-corrected chi connectivity index (χ4v) is 1.50. The van der Waals surface area contributed by atoms with Gasteiger partial charge in [0.1, 0.15) is 17.6 Å². The van der Waals surface area contributed by atoms with Gasteiger partial charge in [-0.2, -0.15) is 5.26 Å². The minimum atomic E-state index is 0.0635. The maximum atomic E-state index is 8.35. The zero-order valence-electron chi connectivity index (χ0n) is 7.79. The van der Waals surface area contributed by atoms with E-state index in [0.717, 1.165) is 11.3 Å². The van der Waals surface area contributed by atoms with Crippen LogP contribution in [0.3, 0.4) is 0 Å². The summed E-state index contributed by atoms with van der Waals surface area (Å²) in [5.41, 5.74) is 1.00. The van der Waals surface area contributed by atoms with Crippen LogP contribution in [-0.2, 0) is 5.33 Å². The highest BCUT2D eigenvalue weighted by Crippen LogP contribution is 2.25. The molecule has 0 saturated heterocycles. The highest BCUT2D eigenvalue weighted by Gasteiger charge is 2.03. The van der Waals surface area contributed by atoms with Gasteiger partial charge in [-0.15, -0.1) is 0 Å². The molecule has 0 N–H and O–H groups in total. The van der Waals surface area contributed by atoms with Gasteiger partial charge in [-0.3, -0.25) is 0 Å². The first kappa shape index (κ1) is 10.9. The predicted molar refractivity (Wildman–Crippen MR) is 56.7 cm³/mol. The van der Waals surface area contributed by atoms with E-state index in [1.807, 2.05) is 18.2 Å². The van der Waals surface area contributed by atoms with Crippen LogP contribution in [-0.4, -0.2) is 13.7 Å². The molecule has 1 aromatic carbocycles. The fourth-order valence-electron chi connectivity index (χ4n) is 1.06. The first-order valence-corrected chi connectivity index (χ1v) is 5.16. The lowest BCUT2D eigenvalue weighted by Gasteiger charge is -2.08. The van der Waals surface area contributed by atoms with Crippen molar-refractivity contribution in [2.45, 2.75) is 5.33 Å². The summed E-state index contributed by atoms with van der Waals surface area (Å²) in [6.07, 6.45) is 0. The van der Waals surface area contributed by atoms with E-state index in [1.165, 1.54) is 0 Å². The third-order valence-corrected chi connectivity index (χ3v) is 2.30. The first-order chi connectivity index (χ1) is 6.81. The Hall–Kier alpha value is -1.21. The molecule has 0 aliphatic heterocycles. The van der Waals surface area contributed by atoms with Crippen molar-refractivity contribution >= 4 is 15.9 Å². The number of nitriles is 1. The number of halogens is 1. The van der Waals surface area contributed by atoms with Crippen molar-refractivity contribution in [3.05, 3.63) is 23.8 Å². The number of methoxy groups -OCH3 is 1. The Kier molecular flexibility index (Phi) is 4.27. The van der Waals surface area contributed by atoms with E-state index in [2.05, 4.69) is 15.9 Å². The zero-order valence-corrected chi connectivity index (χ0v) is 9.37. The molecular formula is C10H10BrNO2. The number of nitrogens with zero attached hydrogens (tertiary/aromatic N) is 1. The summed E-state index contributed by atoms with van der Waals surface area (Å²) in [5, 5.41) is 9.04. The van der Waals surface area contributed by atoms with E-state index < -0.39 is 0 Å². The van der Waals surface area contributed by atoms with Crippen molar-refractivity contribution in [3.8, 4) is 17.6 Å². The molecule has 1 rings (SSSR count). The monoisotopic (exact) mass is 255 g/mol. The lowest BCUT2D eigenvalue weighted by Crippen LogP contribution is -1.95. The topological polar surface area (TPSA) is 42.2 Å². The number of ether oxygens (including phenoxy) is 2. The minimum absolute atomic E-state index is 0.0635. The Morgan fingerprint density at radius 2 is 2.29 bits per heavy atom. The predicted octanol–water partition coefficient (Wildman–Crippen LogP) is 2.49. The molecule has 0 amide bonds. The van der Waals surface area contributed by atoms with Crippen LogP contribution < -0.4 is 9.47 Å². The van der Waals surface area contributed by atoms with Crippen LogP contribution in [0.5, 0.6) is 11.5 Å². The summed E-state index contributed by atoms with van der Waals surface area (Å²) < 4.78 is 10.3. The second kappa shape index (κ2) is 5.51. The molecule has 74 valence electrons. The van der Waals surface area contributed by atoms with Crippen molar-refractivity contribution in [3.63, 3.8) is 0 Å². The van der Waals surface area contributed by atoms with Crippen LogP contribution in [0.15, 0.2) is 18.2 Å². The highest BCUT2D eigenvalue weighted by molar-refractivity contribution is 9.08. The van der Waals surface area contributed by atoms with Crippen molar-refractivity contribution in [1.29, 1.82) is 5.26 Å². The smallest absolute Gasteiger partial charge is 0.174 e. The van der Waals surface area contributed by atoms with Gasteiger partial charge in [0.05, 0.1) is 7.11 Å². The van der Waals surface area contributed by atoms with Gasteiger partial charge in [-0.25, -0.2) is 0 Å². The Morgan fingerprint density at radius 1 is 1.50 bits per heavy atom. The van der Waals surface area contributed by atoms with Gasteiger partial charge in [0.15, 0.2) is 6.61 Å². The summed E-state index contributed by atoms with van der Waals surface area (Å²) in [6, 6.07) is 7.37. The molecule has 0 atom stereocenters. The Labute approximate surface area is 91.4 Å². The first-order valence-electron chi connectivity index (χ1n) is 4.04. The van der Waals surface area contributed by atoms with Gasteiger partial charge in [-0.1, -0.05) is 15.9 Å². The second-order valence-electron chi connectivity index (χ2n) is 2.55. The van der Waals surface area contributed by atoms with Crippen molar-refractivity contribution in [2.24, 2.45) is 0 Å². The van der Waals surface area contributed by atoms with Crippen molar-refractivity contribution < 1.29 is 9.47 Å². The molecule has 0 aliphatic rings. The van der Waals surface area contributed by atoms with Gasteiger partial charge in [0.25, 0.3) is 0 Å². The van der Waals surface area contributed by atoms with Crippen LogP contribution in [0.2, 0.25) is 0 Å². The standard InChI is InChI=1S/C10H10BrNO2/c1-13-10-3-2-9(14-5-4-12)6-8(10)7-11/h2-3,6H,5,7H2,1H3. The van der Waals surface area contributed by atoms with E-state index in [-0.39, 0.29) is 6.61 Å². The maximum absolute atomic E-state index is 8.35. The molecule has 1 aromatic rings. The molecule has 0 bridgehead atoms. The normalized spacial score (nSPS) is 9.21. The van der Waals surface area contributed by atoms with Crippen molar-refractivity contribution in [2.75, 3.05) is 13.7 Å². The molecule has 0 fully saturated rings. The van der Waals surface area contributed by atoms with E-state index in [9.17, 15) is 0 Å². The molecule has 0 spiro atoms. The number of hydrogen-bond acceptors (Lipinski definition) is 3. The second-order valence-corrected chi connectivity index (χ2v) is 3.11. The van der Waals surface area contributed by atoms with E-state index >= 15 is 0 Å². The summed E-state index contributed by atoms with van der Waals surface area (Å²) in [7, 11) is 1.62. The molecule has 0 unspecified atom stereocenters. The molecule has 4 heteroatoms. The van der Waals surface area contributed by atoms with Crippen LogP contribution in [0, 0.1) is 11.3 Å².